The molecule has 8 nitrogen and oxygen atoms in total. The van der Waals surface area contributed by atoms with E-state index in [1.807, 2.05) is 49.7 Å². The maximum atomic E-state index is 12.3. The molecule has 152 valence electrons. The lowest BCUT2D eigenvalue weighted by Gasteiger charge is -2.21. The van der Waals surface area contributed by atoms with Crippen LogP contribution < -0.4 is 10.1 Å². The van der Waals surface area contributed by atoms with Crippen molar-refractivity contribution in [3.8, 4) is 17.1 Å². The van der Waals surface area contributed by atoms with E-state index in [1.165, 1.54) is 18.9 Å². The van der Waals surface area contributed by atoms with Gasteiger partial charge >= 0.3 is 5.97 Å². The third-order valence-electron chi connectivity index (χ3n) is 4.50. The molecule has 0 aliphatic carbocycles. The summed E-state index contributed by atoms with van der Waals surface area (Å²) in [5.74, 6) is 0.733. The van der Waals surface area contributed by atoms with Crippen LogP contribution in [-0.4, -0.2) is 52.7 Å². The topological polar surface area (TPSA) is 95.3 Å². The molecule has 2 atom stereocenters. The predicted molar refractivity (Wildman–Crippen MR) is 107 cm³/mol. The quantitative estimate of drug-likeness (QED) is 0.504. The highest BCUT2D eigenvalue weighted by Gasteiger charge is 2.26. The minimum atomic E-state index is -0.660. The Morgan fingerprint density at radius 1 is 1.25 bits per heavy atom. The number of rotatable bonds is 9. The van der Waals surface area contributed by atoms with Gasteiger partial charge in [0.25, 0.3) is 0 Å². The molecule has 9 heteroatoms. The Morgan fingerprint density at radius 3 is 2.61 bits per heavy atom. The molecule has 2 aromatic rings. The minimum absolute atomic E-state index is 0.0200. The monoisotopic (exact) mass is 406 g/mol. The van der Waals surface area contributed by atoms with Crippen LogP contribution in [0.5, 0.6) is 5.75 Å². The summed E-state index contributed by atoms with van der Waals surface area (Å²) >= 11 is 1.25. The molecular formula is C19H26N4O4S. The van der Waals surface area contributed by atoms with Gasteiger partial charge in [-0.1, -0.05) is 44.2 Å². The number of methoxy groups -OCH3 is 2. The van der Waals surface area contributed by atoms with Crippen molar-refractivity contribution in [1.29, 1.82) is 0 Å². The lowest BCUT2D eigenvalue weighted by Crippen LogP contribution is -2.46. The second-order valence-electron chi connectivity index (χ2n) is 6.31. The van der Waals surface area contributed by atoms with Crippen LogP contribution in [-0.2, 0) is 21.4 Å². The molecule has 0 radical (unpaired) electrons. The highest BCUT2D eigenvalue weighted by Crippen LogP contribution is 2.29. The van der Waals surface area contributed by atoms with Gasteiger partial charge in [-0.15, -0.1) is 10.2 Å². The number of nitrogens with one attached hydrogen (secondary N) is 1. The highest BCUT2D eigenvalue weighted by molar-refractivity contribution is 7.99. The summed E-state index contributed by atoms with van der Waals surface area (Å²) in [6.07, 6.45) is 0.749. The number of carbonyl (C=O) groups excluding carboxylic acids is 2. The van der Waals surface area contributed by atoms with Gasteiger partial charge in [-0.2, -0.15) is 0 Å². The van der Waals surface area contributed by atoms with E-state index in [1.54, 1.807) is 7.11 Å². The van der Waals surface area contributed by atoms with E-state index in [9.17, 15) is 9.59 Å². The van der Waals surface area contributed by atoms with Crippen molar-refractivity contribution in [2.75, 3.05) is 20.0 Å². The van der Waals surface area contributed by atoms with E-state index in [-0.39, 0.29) is 17.6 Å². The molecule has 0 fully saturated rings. The summed E-state index contributed by atoms with van der Waals surface area (Å²) in [6, 6.07) is 6.87. The summed E-state index contributed by atoms with van der Waals surface area (Å²) in [4.78, 5) is 24.3. The van der Waals surface area contributed by atoms with Gasteiger partial charge in [0.15, 0.2) is 11.0 Å². The van der Waals surface area contributed by atoms with Crippen LogP contribution in [0.25, 0.3) is 11.4 Å². The molecule has 1 N–H and O–H groups in total. The lowest BCUT2D eigenvalue weighted by molar-refractivity contribution is -0.146. The van der Waals surface area contributed by atoms with Crippen molar-refractivity contribution in [2.45, 2.75) is 31.5 Å². The zero-order valence-corrected chi connectivity index (χ0v) is 17.6. The Morgan fingerprint density at radius 2 is 1.96 bits per heavy atom. The first kappa shape index (κ1) is 21.7. The number of thioether (sulfide) groups is 1. The van der Waals surface area contributed by atoms with Crippen LogP contribution in [0.15, 0.2) is 29.4 Å². The van der Waals surface area contributed by atoms with Gasteiger partial charge in [-0.25, -0.2) is 4.79 Å². The Hall–Kier alpha value is -2.55. The van der Waals surface area contributed by atoms with Crippen molar-refractivity contribution in [2.24, 2.45) is 13.0 Å². The van der Waals surface area contributed by atoms with Crippen molar-refractivity contribution in [1.82, 2.24) is 20.1 Å². The first-order chi connectivity index (χ1) is 13.4. The number of hydrogen-bond donors (Lipinski definition) is 1. The highest BCUT2D eigenvalue weighted by atomic mass is 32.2. The Balaban J connectivity index is 2.06. The minimum Gasteiger partial charge on any atom is -0.496 e. The van der Waals surface area contributed by atoms with Crippen LogP contribution in [0, 0.1) is 5.92 Å². The molecular weight excluding hydrogens is 380 g/mol. The van der Waals surface area contributed by atoms with E-state index in [0.717, 1.165) is 12.0 Å². The number of carbonyl (C=O) groups is 2. The fraction of sp³-hybridized carbons (Fsp3) is 0.474. The van der Waals surface area contributed by atoms with Gasteiger partial charge in [-0.05, 0) is 18.1 Å². The fourth-order valence-electron chi connectivity index (χ4n) is 2.65. The summed E-state index contributed by atoms with van der Waals surface area (Å²) in [5, 5.41) is 11.7. The molecule has 0 saturated carbocycles. The summed E-state index contributed by atoms with van der Waals surface area (Å²) in [5.41, 5.74) is 0.818. The van der Waals surface area contributed by atoms with E-state index < -0.39 is 12.0 Å². The average Bonchev–Trinajstić information content (AvgIpc) is 3.09. The normalized spacial score (nSPS) is 12.9. The SMILES string of the molecule is CC[C@H](C)[C@H](NC(=O)CSc1nnc(-c2ccccc2OC)n1C)C(=O)OC. The van der Waals surface area contributed by atoms with Gasteiger partial charge in [0.05, 0.1) is 25.5 Å². The standard InChI is InChI=1S/C19H26N4O4S/c1-6-12(2)16(18(25)27-5)20-15(24)11-28-19-22-21-17(23(19)3)13-9-7-8-10-14(13)26-4/h7-10,12,16H,6,11H2,1-5H3,(H,20,24)/t12-,16-/m0/s1. The molecule has 0 aliphatic rings. The maximum absolute atomic E-state index is 12.3. The van der Waals surface area contributed by atoms with E-state index >= 15 is 0 Å². The molecule has 1 aromatic carbocycles. The van der Waals surface area contributed by atoms with Gasteiger partial charge < -0.3 is 19.4 Å². The van der Waals surface area contributed by atoms with E-state index in [0.29, 0.717) is 16.7 Å². The first-order valence-electron chi connectivity index (χ1n) is 8.95. The number of nitrogens with zero attached hydrogens (tertiary/aromatic N) is 3. The zero-order chi connectivity index (χ0) is 20.7. The van der Waals surface area contributed by atoms with E-state index in [2.05, 4.69) is 15.5 Å². The number of para-hydroxylation sites is 1. The van der Waals surface area contributed by atoms with E-state index in [4.69, 9.17) is 9.47 Å². The maximum Gasteiger partial charge on any atom is 0.328 e. The Bertz CT molecular complexity index is 824. The van der Waals surface area contributed by atoms with Gasteiger partial charge in [0.1, 0.15) is 11.8 Å². The molecule has 0 spiro atoms. The molecule has 1 amide bonds. The molecule has 0 bridgehead atoms. The molecule has 1 aromatic heterocycles. The zero-order valence-electron chi connectivity index (χ0n) is 16.8. The average molecular weight is 407 g/mol. The number of hydrogen-bond acceptors (Lipinski definition) is 7. The van der Waals surface area contributed by atoms with Crippen LogP contribution in [0.3, 0.4) is 0 Å². The fourth-order valence-corrected chi connectivity index (χ4v) is 3.37. The predicted octanol–water partition coefficient (Wildman–Crippen LogP) is 2.29. The van der Waals surface area contributed by atoms with Crippen molar-refractivity contribution >= 4 is 23.6 Å². The molecule has 28 heavy (non-hydrogen) atoms. The molecule has 0 saturated heterocycles. The molecule has 0 aliphatic heterocycles. The number of aromatic nitrogens is 3. The summed E-state index contributed by atoms with van der Waals surface area (Å²) < 4.78 is 12.0. The van der Waals surface area contributed by atoms with Gasteiger partial charge in [0.2, 0.25) is 5.91 Å². The lowest BCUT2D eigenvalue weighted by atomic mass is 9.99. The number of amides is 1. The van der Waals surface area contributed by atoms with Crippen LogP contribution in [0.1, 0.15) is 20.3 Å². The molecule has 2 rings (SSSR count). The number of ether oxygens (including phenoxy) is 2. The molecule has 0 unspecified atom stereocenters. The second kappa shape index (κ2) is 10.1. The van der Waals surface area contributed by atoms with Crippen molar-refractivity contribution < 1.29 is 19.1 Å². The smallest absolute Gasteiger partial charge is 0.328 e. The van der Waals surface area contributed by atoms with Crippen LogP contribution in [0.2, 0.25) is 0 Å². The largest absolute Gasteiger partial charge is 0.496 e. The van der Waals surface area contributed by atoms with Crippen molar-refractivity contribution in [3.63, 3.8) is 0 Å². The summed E-state index contributed by atoms with van der Waals surface area (Å²) in [6.45, 7) is 3.86. The molecule has 1 heterocycles. The third kappa shape index (κ3) is 5.03. The number of benzene rings is 1. The number of esters is 1. The van der Waals surface area contributed by atoms with Gasteiger partial charge in [-0.3, -0.25) is 4.79 Å². The first-order valence-corrected chi connectivity index (χ1v) is 9.94. The van der Waals surface area contributed by atoms with Gasteiger partial charge in [0, 0.05) is 7.05 Å². The second-order valence-corrected chi connectivity index (χ2v) is 7.25. The third-order valence-corrected chi connectivity index (χ3v) is 5.52. The summed E-state index contributed by atoms with van der Waals surface area (Å²) in [7, 11) is 4.75. The Labute approximate surface area is 169 Å². The van der Waals surface area contributed by atoms with Crippen LogP contribution >= 0.6 is 11.8 Å². The van der Waals surface area contributed by atoms with Crippen molar-refractivity contribution in [3.05, 3.63) is 24.3 Å². The van der Waals surface area contributed by atoms with Crippen LogP contribution in [0.4, 0.5) is 0 Å². The Kier molecular flexibility index (Phi) is 7.86.